The molecule has 0 saturated carbocycles. The van der Waals surface area contributed by atoms with Gasteiger partial charge in [-0.15, -0.1) is 0 Å². The van der Waals surface area contributed by atoms with Crippen molar-refractivity contribution in [3.63, 3.8) is 0 Å². The second kappa shape index (κ2) is 6.14. The van der Waals surface area contributed by atoms with Gasteiger partial charge in [-0.3, -0.25) is 4.90 Å². The Hall–Kier alpha value is -0.590. The van der Waals surface area contributed by atoms with Crippen LogP contribution < -0.4 is 0 Å². The molecule has 0 aliphatic rings. The van der Waals surface area contributed by atoms with Crippen LogP contribution in [0.1, 0.15) is 13.8 Å². The number of methoxy groups -OCH3 is 1. The van der Waals surface area contributed by atoms with Crippen LogP contribution in [0.5, 0.6) is 0 Å². The molecular formula is C8H16N2O. The molecule has 0 radical (unpaired) electrons. The van der Waals surface area contributed by atoms with Gasteiger partial charge in [0.1, 0.15) is 0 Å². The van der Waals surface area contributed by atoms with Crippen LogP contribution in [0.25, 0.3) is 0 Å². The molecule has 0 saturated heterocycles. The Morgan fingerprint density at radius 2 is 2.27 bits per heavy atom. The minimum atomic E-state index is -0.00449. The van der Waals surface area contributed by atoms with E-state index in [-0.39, 0.29) is 6.04 Å². The third-order valence-corrected chi connectivity index (χ3v) is 1.72. The molecule has 0 bridgehead atoms. The monoisotopic (exact) mass is 156 g/mol. The van der Waals surface area contributed by atoms with Gasteiger partial charge in [0, 0.05) is 13.7 Å². The number of rotatable bonds is 5. The molecule has 0 N–H and O–H groups in total. The van der Waals surface area contributed by atoms with E-state index in [1.165, 1.54) is 0 Å². The minimum absolute atomic E-state index is 0.00449. The second-order valence-corrected chi connectivity index (χ2v) is 2.43. The Kier molecular flexibility index (Phi) is 5.81. The summed E-state index contributed by atoms with van der Waals surface area (Å²) >= 11 is 0. The Morgan fingerprint density at radius 1 is 1.64 bits per heavy atom. The Balaban J connectivity index is 3.67. The van der Waals surface area contributed by atoms with E-state index in [9.17, 15) is 0 Å². The van der Waals surface area contributed by atoms with E-state index < -0.39 is 0 Å². The van der Waals surface area contributed by atoms with Gasteiger partial charge in [0.25, 0.3) is 0 Å². The van der Waals surface area contributed by atoms with Gasteiger partial charge in [-0.1, -0.05) is 6.92 Å². The highest BCUT2D eigenvalue weighted by Gasteiger charge is 2.08. The molecule has 0 aromatic carbocycles. The van der Waals surface area contributed by atoms with Crippen molar-refractivity contribution < 1.29 is 4.74 Å². The molecule has 0 heterocycles. The fraction of sp³-hybridized carbons (Fsp3) is 0.875. The van der Waals surface area contributed by atoms with Crippen molar-refractivity contribution in [2.75, 3.05) is 26.8 Å². The van der Waals surface area contributed by atoms with E-state index in [0.29, 0.717) is 6.61 Å². The van der Waals surface area contributed by atoms with E-state index in [2.05, 4.69) is 11.0 Å². The lowest BCUT2D eigenvalue weighted by molar-refractivity contribution is 0.142. The van der Waals surface area contributed by atoms with E-state index >= 15 is 0 Å². The van der Waals surface area contributed by atoms with E-state index in [1.54, 1.807) is 7.11 Å². The Labute approximate surface area is 68.6 Å². The van der Waals surface area contributed by atoms with Gasteiger partial charge in [-0.2, -0.15) is 5.26 Å². The maximum Gasteiger partial charge on any atom is 0.0950 e. The predicted octanol–water partition coefficient (Wildman–Crippen LogP) is 0.867. The summed E-state index contributed by atoms with van der Waals surface area (Å²) in [5.41, 5.74) is 0. The third-order valence-electron chi connectivity index (χ3n) is 1.72. The zero-order valence-electron chi connectivity index (χ0n) is 7.50. The summed E-state index contributed by atoms with van der Waals surface area (Å²) in [5, 5.41) is 8.60. The molecule has 3 nitrogen and oxygen atoms in total. The summed E-state index contributed by atoms with van der Waals surface area (Å²) < 4.78 is 4.92. The van der Waals surface area contributed by atoms with E-state index in [0.717, 1.165) is 13.1 Å². The smallest absolute Gasteiger partial charge is 0.0950 e. The standard InChI is InChI=1S/C8H16N2O/c1-4-10(5-6-11-3)8(2)7-9/h8H,4-6H2,1-3H3. The Morgan fingerprint density at radius 3 is 2.64 bits per heavy atom. The first kappa shape index (κ1) is 10.4. The van der Waals surface area contributed by atoms with Gasteiger partial charge in [-0.25, -0.2) is 0 Å². The molecule has 0 aromatic rings. The van der Waals surface area contributed by atoms with Crippen molar-refractivity contribution in [1.82, 2.24) is 4.90 Å². The molecule has 0 amide bonds. The summed E-state index contributed by atoms with van der Waals surface area (Å²) in [6.45, 7) is 6.38. The van der Waals surface area contributed by atoms with Crippen LogP contribution in [-0.4, -0.2) is 37.7 Å². The summed E-state index contributed by atoms with van der Waals surface area (Å²) in [7, 11) is 1.67. The van der Waals surface area contributed by atoms with Crippen LogP contribution in [0.15, 0.2) is 0 Å². The molecule has 1 unspecified atom stereocenters. The van der Waals surface area contributed by atoms with E-state index in [1.807, 2.05) is 13.8 Å². The zero-order valence-corrected chi connectivity index (χ0v) is 7.50. The van der Waals surface area contributed by atoms with Crippen LogP contribution in [0.2, 0.25) is 0 Å². The van der Waals surface area contributed by atoms with Crippen molar-refractivity contribution in [3.8, 4) is 6.07 Å². The fourth-order valence-electron chi connectivity index (χ4n) is 0.916. The van der Waals surface area contributed by atoms with Gasteiger partial charge < -0.3 is 4.74 Å². The van der Waals surface area contributed by atoms with Gasteiger partial charge in [0.2, 0.25) is 0 Å². The maximum atomic E-state index is 8.60. The largest absolute Gasteiger partial charge is 0.383 e. The first-order valence-corrected chi connectivity index (χ1v) is 3.88. The molecule has 3 heteroatoms. The molecule has 11 heavy (non-hydrogen) atoms. The average molecular weight is 156 g/mol. The van der Waals surface area contributed by atoms with Gasteiger partial charge in [-0.05, 0) is 13.5 Å². The fourth-order valence-corrected chi connectivity index (χ4v) is 0.916. The van der Waals surface area contributed by atoms with Crippen molar-refractivity contribution in [2.24, 2.45) is 0 Å². The number of ether oxygens (including phenoxy) is 1. The number of hydrogen-bond acceptors (Lipinski definition) is 3. The number of nitrogens with zero attached hydrogens (tertiary/aromatic N) is 2. The molecule has 0 aliphatic heterocycles. The molecule has 0 aromatic heterocycles. The summed E-state index contributed by atoms with van der Waals surface area (Å²) in [6.07, 6.45) is 0. The van der Waals surface area contributed by atoms with Crippen LogP contribution in [0.3, 0.4) is 0 Å². The summed E-state index contributed by atoms with van der Waals surface area (Å²) in [4.78, 5) is 2.07. The third kappa shape index (κ3) is 3.97. The number of hydrogen-bond donors (Lipinski definition) is 0. The quantitative estimate of drug-likeness (QED) is 0.592. The van der Waals surface area contributed by atoms with Gasteiger partial charge in [0.05, 0.1) is 18.7 Å². The van der Waals surface area contributed by atoms with Crippen molar-refractivity contribution in [2.45, 2.75) is 19.9 Å². The van der Waals surface area contributed by atoms with Crippen LogP contribution in [0.4, 0.5) is 0 Å². The highest BCUT2D eigenvalue weighted by atomic mass is 16.5. The van der Waals surface area contributed by atoms with Crippen molar-refractivity contribution in [3.05, 3.63) is 0 Å². The lowest BCUT2D eigenvalue weighted by Gasteiger charge is -2.21. The summed E-state index contributed by atoms with van der Waals surface area (Å²) in [5.74, 6) is 0. The lowest BCUT2D eigenvalue weighted by atomic mass is 10.3. The van der Waals surface area contributed by atoms with Crippen molar-refractivity contribution >= 4 is 0 Å². The summed E-state index contributed by atoms with van der Waals surface area (Å²) in [6, 6.07) is 2.19. The van der Waals surface area contributed by atoms with Gasteiger partial charge in [0.15, 0.2) is 0 Å². The number of nitriles is 1. The number of likely N-dealkylation sites (N-methyl/N-ethyl adjacent to an activating group) is 1. The SMILES string of the molecule is CCN(CCOC)C(C)C#N. The zero-order chi connectivity index (χ0) is 8.69. The highest BCUT2D eigenvalue weighted by molar-refractivity contribution is 4.87. The molecule has 64 valence electrons. The topological polar surface area (TPSA) is 36.3 Å². The Bertz CT molecular complexity index is 131. The normalized spacial score (nSPS) is 13.0. The average Bonchev–Trinajstić information content (AvgIpc) is 2.05. The maximum absolute atomic E-state index is 8.60. The second-order valence-electron chi connectivity index (χ2n) is 2.43. The van der Waals surface area contributed by atoms with Gasteiger partial charge >= 0.3 is 0 Å². The molecular weight excluding hydrogens is 140 g/mol. The van der Waals surface area contributed by atoms with Crippen LogP contribution >= 0.6 is 0 Å². The van der Waals surface area contributed by atoms with Crippen LogP contribution in [-0.2, 0) is 4.74 Å². The minimum Gasteiger partial charge on any atom is -0.383 e. The molecule has 1 atom stereocenters. The highest BCUT2D eigenvalue weighted by Crippen LogP contribution is 1.95. The molecule has 0 fully saturated rings. The molecule has 0 rings (SSSR count). The molecule has 0 spiro atoms. The first-order valence-electron chi connectivity index (χ1n) is 3.88. The van der Waals surface area contributed by atoms with Crippen molar-refractivity contribution in [1.29, 1.82) is 5.26 Å². The predicted molar refractivity (Wildman–Crippen MR) is 44.2 cm³/mol. The van der Waals surface area contributed by atoms with Crippen LogP contribution in [0, 0.1) is 11.3 Å². The molecule has 0 aliphatic carbocycles. The first-order chi connectivity index (χ1) is 5.26. The lowest BCUT2D eigenvalue weighted by Crippen LogP contribution is -2.34. The van der Waals surface area contributed by atoms with E-state index in [4.69, 9.17) is 10.00 Å².